The van der Waals surface area contributed by atoms with Gasteiger partial charge in [-0.1, -0.05) is 24.3 Å². The van der Waals surface area contributed by atoms with Crippen molar-refractivity contribution in [1.82, 2.24) is 14.8 Å². The third kappa shape index (κ3) is 6.34. The number of nitrogens with zero attached hydrogens (tertiary/aromatic N) is 3. The molecule has 2 aromatic carbocycles. The van der Waals surface area contributed by atoms with Crippen LogP contribution in [-0.4, -0.2) is 32.9 Å². The van der Waals surface area contributed by atoms with Crippen LogP contribution in [0.1, 0.15) is 37.7 Å². The lowest BCUT2D eigenvalue weighted by Crippen LogP contribution is -2.39. The van der Waals surface area contributed by atoms with Gasteiger partial charge in [0.15, 0.2) is 17.2 Å². The second-order valence-corrected chi connectivity index (χ2v) is 8.02. The van der Waals surface area contributed by atoms with Gasteiger partial charge in [0.1, 0.15) is 12.4 Å². The molecule has 3 rings (SSSR count). The predicted molar refractivity (Wildman–Crippen MR) is 118 cm³/mol. The Morgan fingerprint density at radius 1 is 1.00 bits per heavy atom. The summed E-state index contributed by atoms with van der Waals surface area (Å²) in [4.78, 5) is 16.3. The molecule has 0 saturated carbocycles. The van der Waals surface area contributed by atoms with E-state index in [4.69, 9.17) is 14.2 Å². The number of carbonyl (C=O) groups is 1. The van der Waals surface area contributed by atoms with Crippen molar-refractivity contribution in [3.8, 4) is 17.1 Å². The average molecular weight is 477 g/mol. The van der Waals surface area contributed by atoms with Crippen LogP contribution in [0.2, 0.25) is 0 Å². The van der Waals surface area contributed by atoms with Gasteiger partial charge in [0, 0.05) is 12.6 Å². The summed E-state index contributed by atoms with van der Waals surface area (Å²) in [6.07, 6.45) is -4.39. The third-order valence-electron chi connectivity index (χ3n) is 4.89. The van der Waals surface area contributed by atoms with Crippen molar-refractivity contribution in [2.45, 2.75) is 45.8 Å². The van der Waals surface area contributed by atoms with Gasteiger partial charge in [-0.2, -0.15) is 18.3 Å². The Hall–Kier alpha value is -3.40. The number of halogens is 3. The van der Waals surface area contributed by atoms with Gasteiger partial charge < -0.3 is 14.2 Å². The standard InChI is InChI=1S/C24H26F3N3O4/c1-5-33-22(31)23(2,3)34-19-12-6-16(7-13-19)14-32-15-20-28-21(29-30(20)4)17-8-10-18(11-9-17)24(25,26)27/h6-13H,5,14-15H2,1-4H3. The molecule has 1 aromatic heterocycles. The lowest BCUT2D eigenvalue weighted by molar-refractivity contribution is -0.158. The molecular weight excluding hydrogens is 451 g/mol. The van der Waals surface area contributed by atoms with Crippen molar-refractivity contribution in [3.63, 3.8) is 0 Å². The number of aromatic nitrogens is 3. The Kier molecular flexibility index (Phi) is 7.61. The Morgan fingerprint density at radius 2 is 1.65 bits per heavy atom. The summed E-state index contributed by atoms with van der Waals surface area (Å²) in [6.45, 7) is 5.75. The number of aryl methyl sites for hydroxylation is 1. The summed E-state index contributed by atoms with van der Waals surface area (Å²) < 4.78 is 56.2. The third-order valence-corrected chi connectivity index (χ3v) is 4.89. The first-order valence-corrected chi connectivity index (χ1v) is 10.6. The Balaban J connectivity index is 1.56. The number of hydrogen-bond acceptors (Lipinski definition) is 6. The second-order valence-electron chi connectivity index (χ2n) is 8.02. The maximum absolute atomic E-state index is 12.7. The Labute approximate surface area is 195 Å². The molecule has 10 heteroatoms. The molecule has 0 aliphatic rings. The number of ether oxygens (including phenoxy) is 3. The van der Waals surface area contributed by atoms with Crippen LogP contribution >= 0.6 is 0 Å². The molecule has 182 valence electrons. The van der Waals surface area contributed by atoms with Gasteiger partial charge in [-0.3, -0.25) is 4.68 Å². The molecule has 0 bridgehead atoms. The lowest BCUT2D eigenvalue weighted by Gasteiger charge is -2.24. The highest BCUT2D eigenvalue weighted by atomic mass is 19.4. The quantitative estimate of drug-likeness (QED) is 0.407. The first-order chi connectivity index (χ1) is 16.0. The van der Waals surface area contributed by atoms with E-state index in [0.717, 1.165) is 17.7 Å². The summed E-state index contributed by atoms with van der Waals surface area (Å²) in [5.74, 6) is 0.935. The number of esters is 1. The van der Waals surface area contributed by atoms with Gasteiger partial charge in [-0.25, -0.2) is 9.78 Å². The zero-order chi connectivity index (χ0) is 24.9. The van der Waals surface area contributed by atoms with Crippen LogP contribution in [-0.2, 0) is 40.7 Å². The Morgan fingerprint density at radius 3 is 2.24 bits per heavy atom. The maximum atomic E-state index is 12.7. The minimum absolute atomic E-state index is 0.165. The molecule has 0 fully saturated rings. The molecule has 3 aromatic rings. The first kappa shape index (κ1) is 25.2. The Bertz CT molecular complexity index is 1110. The normalized spacial score (nSPS) is 12.0. The molecule has 0 spiro atoms. The van der Waals surface area contributed by atoms with E-state index in [9.17, 15) is 18.0 Å². The largest absolute Gasteiger partial charge is 0.476 e. The summed E-state index contributed by atoms with van der Waals surface area (Å²) in [5, 5.41) is 4.26. The SMILES string of the molecule is CCOC(=O)C(C)(C)Oc1ccc(COCc2nc(-c3ccc(C(F)(F)F)cc3)nn2C)cc1. The van der Waals surface area contributed by atoms with Gasteiger partial charge >= 0.3 is 12.1 Å². The van der Waals surface area contributed by atoms with E-state index < -0.39 is 23.3 Å². The van der Waals surface area contributed by atoms with Crippen LogP contribution in [0.4, 0.5) is 13.2 Å². The van der Waals surface area contributed by atoms with E-state index in [1.54, 1.807) is 40.0 Å². The van der Waals surface area contributed by atoms with Gasteiger partial charge in [0.05, 0.1) is 18.8 Å². The van der Waals surface area contributed by atoms with Crippen molar-refractivity contribution < 1.29 is 32.2 Å². The molecule has 0 aliphatic carbocycles. The first-order valence-electron chi connectivity index (χ1n) is 10.6. The zero-order valence-electron chi connectivity index (χ0n) is 19.3. The van der Waals surface area contributed by atoms with E-state index in [1.165, 1.54) is 16.8 Å². The molecule has 0 atom stereocenters. The minimum Gasteiger partial charge on any atom is -0.476 e. The van der Waals surface area contributed by atoms with Gasteiger partial charge in [0.25, 0.3) is 0 Å². The van der Waals surface area contributed by atoms with Crippen molar-refractivity contribution in [1.29, 1.82) is 0 Å². The van der Waals surface area contributed by atoms with Crippen LogP contribution in [0.5, 0.6) is 5.75 Å². The molecule has 0 aliphatic heterocycles. The predicted octanol–water partition coefficient (Wildman–Crippen LogP) is 4.94. The van der Waals surface area contributed by atoms with Gasteiger partial charge in [-0.15, -0.1) is 0 Å². The maximum Gasteiger partial charge on any atom is 0.416 e. The topological polar surface area (TPSA) is 75.5 Å². The molecular formula is C24H26F3N3O4. The molecule has 1 heterocycles. The van der Waals surface area contributed by atoms with E-state index in [-0.39, 0.29) is 13.2 Å². The van der Waals surface area contributed by atoms with E-state index >= 15 is 0 Å². The van der Waals surface area contributed by atoms with Crippen molar-refractivity contribution >= 4 is 5.97 Å². The van der Waals surface area contributed by atoms with Crippen LogP contribution in [0, 0.1) is 0 Å². The second kappa shape index (κ2) is 10.3. The number of rotatable bonds is 9. The summed E-state index contributed by atoms with van der Waals surface area (Å²) in [7, 11) is 1.69. The van der Waals surface area contributed by atoms with Crippen LogP contribution in [0.15, 0.2) is 48.5 Å². The highest BCUT2D eigenvalue weighted by Gasteiger charge is 2.31. The van der Waals surface area contributed by atoms with E-state index in [2.05, 4.69) is 10.1 Å². The molecule has 0 radical (unpaired) electrons. The number of benzene rings is 2. The zero-order valence-corrected chi connectivity index (χ0v) is 19.3. The molecule has 0 amide bonds. The van der Waals surface area contributed by atoms with Crippen LogP contribution < -0.4 is 4.74 Å². The van der Waals surface area contributed by atoms with Crippen LogP contribution in [0.3, 0.4) is 0 Å². The lowest BCUT2D eigenvalue weighted by atomic mass is 10.1. The van der Waals surface area contributed by atoms with E-state index in [1.807, 2.05) is 12.1 Å². The monoisotopic (exact) mass is 477 g/mol. The summed E-state index contributed by atoms with van der Waals surface area (Å²) in [6, 6.07) is 11.8. The molecule has 0 saturated heterocycles. The van der Waals surface area contributed by atoms with Gasteiger partial charge in [-0.05, 0) is 50.6 Å². The molecule has 7 nitrogen and oxygen atoms in total. The smallest absolute Gasteiger partial charge is 0.416 e. The molecule has 34 heavy (non-hydrogen) atoms. The fraction of sp³-hybridized carbons (Fsp3) is 0.375. The highest BCUT2D eigenvalue weighted by Crippen LogP contribution is 2.30. The fourth-order valence-electron chi connectivity index (χ4n) is 3.03. The van der Waals surface area contributed by atoms with E-state index in [0.29, 0.717) is 29.6 Å². The number of carbonyl (C=O) groups excluding carboxylic acids is 1. The number of alkyl halides is 3. The fourth-order valence-corrected chi connectivity index (χ4v) is 3.03. The molecule has 0 N–H and O–H groups in total. The van der Waals surface area contributed by atoms with Crippen molar-refractivity contribution in [3.05, 3.63) is 65.5 Å². The van der Waals surface area contributed by atoms with Crippen molar-refractivity contribution in [2.75, 3.05) is 6.61 Å². The minimum atomic E-state index is -4.39. The van der Waals surface area contributed by atoms with Crippen molar-refractivity contribution in [2.24, 2.45) is 7.05 Å². The van der Waals surface area contributed by atoms with Gasteiger partial charge in [0.2, 0.25) is 0 Å². The number of hydrogen-bond donors (Lipinski definition) is 0. The highest BCUT2D eigenvalue weighted by molar-refractivity contribution is 5.79. The summed E-state index contributed by atoms with van der Waals surface area (Å²) >= 11 is 0. The molecule has 0 unspecified atom stereocenters. The van der Waals surface area contributed by atoms with Crippen LogP contribution in [0.25, 0.3) is 11.4 Å². The summed E-state index contributed by atoms with van der Waals surface area (Å²) in [5.41, 5.74) is -0.469. The average Bonchev–Trinajstić information content (AvgIpc) is 3.15.